The molecule has 110 valence electrons. The molecule has 1 unspecified atom stereocenters. The molecule has 1 N–H and O–H groups in total. The molecule has 3 aromatic rings. The normalized spacial score (nSPS) is 22.7. The Hall–Kier alpha value is -2.04. The maximum atomic E-state index is 4.56. The summed E-state index contributed by atoms with van der Waals surface area (Å²) in [6, 6.07) is 2.70. The molecule has 0 radical (unpaired) electrons. The highest BCUT2D eigenvalue weighted by Crippen LogP contribution is 2.30. The van der Waals surface area contributed by atoms with Gasteiger partial charge in [-0.05, 0) is 24.8 Å². The molecule has 0 saturated carbocycles. The van der Waals surface area contributed by atoms with Crippen LogP contribution in [-0.4, -0.2) is 32.2 Å². The molecular weight excluding hydrogens is 262 g/mol. The third-order valence-electron chi connectivity index (χ3n) is 4.87. The van der Waals surface area contributed by atoms with E-state index in [1.54, 1.807) is 0 Å². The van der Waals surface area contributed by atoms with Gasteiger partial charge in [0.1, 0.15) is 23.0 Å². The standard InChI is InChI=1S/C16H21N5/c1-3-11-7-12(4-2)20(9-11)21-10-19-14-8-18-16-13(15(14)21)5-6-17-16/h5-6,8,10-12H,3-4,7,9H2,1-2H3,(H,17,18)/t11?,12-/m1/s1. The summed E-state index contributed by atoms with van der Waals surface area (Å²) in [5.74, 6) is 0.788. The van der Waals surface area contributed by atoms with Crippen molar-refractivity contribution in [1.29, 1.82) is 0 Å². The second-order valence-corrected chi connectivity index (χ2v) is 6.02. The first-order chi connectivity index (χ1) is 10.3. The maximum Gasteiger partial charge on any atom is 0.139 e. The van der Waals surface area contributed by atoms with Crippen molar-refractivity contribution >= 4 is 22.1 Å². The zero-order valence-electron chi connectivity index (χ0n) is 12.6. The van der Waals surface area contributed by atoms with Crippen LogP contribution >= 0.6 is 0 Å². The third kappa shape index (κ3) is 1.83. The summed E-state index contributed by atoms with van der Waals surface area (Å²) < 4.78 is 2.26. The molecule has 3 aromatic heterocycles. The van der Waals surface area contributed by atoms with E-state index in [0.717, 1.165) is 29.0 Å². The first-order valence-corrected chi connectivity index (χ1v) is 7.87. The van der Waals surface area contributed by atoms with Gasteiger partial charge in [-0.2, -0.15) is 0 Å². The van der Waals surface area contributed by atoms with Gasteiger partial charge in [-0.15, -0.1) is 0 Å². The molecule has 5 heteroatoms. The van der Waals surface area contributed by atoms with E-state index in [4.69, 9.17) is 0 Å². The summed E-state index contributed by atoms with van der Waals surface area (Å²) in [6.45, 7) is 5.69. The van der Waals surface area contributed by atoms with Crippen molar-refractivity contribution in [2.24, 2.45) is 5.92 Å². The molecule has 0 spiro atoms. The molecule has 0 aliphatic carbocycles. The van der Waals surface area contributed by atoms with E-state index in [9.17, 15) is 0 Å². The topological polar surface area (TPSA) is 49.7 Å². The number of fused-ring (bicyclic) bond motifs is 3. The van der Waals surface area contributed by atoms with Crippen molar-refractivity contribution < 1.29 is 0 Å². The fourth-order valence-electron chi connectivity index (χ4n) is 3.62. The van der Waals surface area contributed by atoms with Gasteiger partial charge in [-0.25, -0.2) is 14.6 Å². The monoisotopic (exact) mass is 283 g/mol. The number of aromatic nitrogens is 4. The van der Waals surface area contributed by atoms with E-state index in [-0.39, 0.29) is 0 Å². The minimum Gasteiger partial charge on any atom is -0.346 e. The summed E-state index contributed by atoms with van der Waals surface area (Å²) >= 11 is 0. The number of hydrogen-bond donors (Lipinski definition) is 1. The second kappa shape index (κ2) is 4.76. The summed E-state index contributed by atoms with van der Waals surface area (Å²) in [7, 11) is 0. The Morgan fingerprint density at radius 2 is 2.19 bits per heavy atom. The lowest BCUT2D eigenvalue weighted by Crippen LogP contribution is -2.38. The number of pyridine rings is 1. The number of aromatic amines is 1. The summed E-state index contributed by atoms with van der Waals surface area (Å²) in [6.07, 6.45) is 9.48. The van der Waals surface area contributed by atoms with Crippen molar-refractivity contribution in [2.45, 2.75) is 39.2 Å². The Bertz CT molecular complexity index is 771. The molecule has 21 heavy (non-hydrogen) atoms. The van der Waals surface area contributed by atoms with Gasteiger partial charge in [-0.3, -0.25) is 0 Å². The van der Waals surface area contributed by atoms with Crippen molar-refractivity contribution in [2.75, 3.05) is 11.6 Å². The number of H-pyrrole nitrogens is 1. The Morgan fingerprint density at radius 3 is 3.00 bits per heavy atom. The van der Waals surface area contributed by atoms with Crippen LogP contribution in [0.5, 0.6) is 0 Å². The predicted molar refractivity (Wildman–Crippen MR) is 84.9 cm³/mol. The summed E-state index contributed by atoms with van der Waals surface area (Å²) in [5, 5.41) is 3.65. The number of hydrogen-bond acceptors (Lipinski definition) is 3. The molecule has 1 saturated heterocycles. The lowest BCUT2D eigenvalue weighted by atomic mass is 10.0. The van der Waals surface area contributed by atoms with E-state index < -0.39 is 0 Å². The lowest BCUT2D eigenvalue weighted by molar-refractivity contribution is 0.523. The van der Waals surface area contributed by atoms with Gasteiger partial charge < -0.3 is 9.99 Å². The quantitative estimate of drug-likeness (QED) is 0.803. The van der Waals surface area contributed by atoms with Gasteiger partial charge in [0.2, 0.25) is 0 Å². The maximum absolute atomic E-state index is 4.56. The van der Waals surface area contributed by atoms with Crippen LogP contribution < -0.4 is 5.01 Å². The SMILES string of the molecule is CCC1C[C@@H](CC)N(n2cnc3cnc4[nH]ccc4c32)C1. The van der Waals surface area contributed by atoms with E-state index in [1.807, 2.05) is 18.7 Å². The van der Waals surface area contributed by atoms with Crippen LogP contribution in [0.2, 0.25) is 0 Å². The highest BCUT2D eigenvalue weighted by atomic mass is 15.6. The van der Waals surface area contributed by atoms with Crippen LogP contribution in [0.25, 0.3) is 22.1 Å². The first-order valence-electron chi connectivity index (χ1n) is 7.87. The smallest absolute Gasteiger partial charge is 0.139 e. The van der Waals surface area contributed by atoms with Crippen molar-refractivity contribution in [1.82, 2.24) is 19.6 Å². The highest BCUT2D eigenvalue weighted by molar-refractivity contribution is 6.01. The van der Waals surface area contributed by atoms with Crippen LogP contribution in [0.4, 0.5) is 0 Å². The average Bonchev–Trinajstić information content (AvgIpc) is 3.22. The zero-order chi connectivity index (χ0) is 14.4. The van der Waals surface area contributed by atoms with Gasteiger partial charge in [0, 0.05) is 24.2 Å². The molecule has 0 aromatic carbocycles. The van der Waals surface area contributed by atoms with Gasteiger partial charge in [0.25, 0.3) is 0 Å². The number of imidazole rings is 1. The molecular formula is C16H21N5. The van der Waals surface area contributed by atoms with Gasteiger partial charge in [0.05, 0.1) is 6.20 Å². The molecule has 4 heterocycles. The third-order valence-corrected chi connectivity index (χ3v) is 4.87. The second-order valence-electron chi connectivity index (χ2n) is 6.02. The largest absolute Gasteiger partial charge is 0.346 e. The first kappa shape index (κ1) is 12.7. The van der Waals surface area contributed by atoms with Crippen LogP contribution in [0.1, 0.15) is 33.1 Å². The Labute approximate surface area is 124 Å². The molecule has 5 nitrogen and oxygen atoms in total. The molecule has 1 aliphatic rings. The van der Waals surface area contributed by atoms with Crippen LogP contribution in [0, 0.1) is 5.92 Å². The number of nitrogens with one attached hydrogen (secondary N) is 1. The van der Waals surface area contributed by atoms with E-state index >= 15 is 0 Å². The van der Waals surface area contributed by atoms with E-state index in [2.05, 4.69) is 44.6 Å². The van der Waals surface area contributed by atoms with E-state index in [0.29, 0.717) is 6.04 Å². The number of nitrogens with zero attached hydrogens (tertiary/aromatic N) is 4. The Morgan fingerprint density at radius 1 is 1.29 bits per heavy atom. The zero-order valence-corrected chi connectivity index (χ0v) is 12.6. The lowest BCUT2D eigenvalue weighted by Gasteiger charge is -2.27. The highest BCUT2D eigenvalue weighted by Gasteiger charge is 2.31. The van der Waals surface area contributed by atoms with Crippen LogP contribution in [-0.2, 0) is 0 Å². The Balaban J connectivity index is 1.88. The van der Waals surface area contributed by atoms with Crippen molar-refractivity contribution in [3.63, 3.8) is 0 Å². The molecule has 4 rings (SSSR count). The molecule has 1 aliphatic heterocycles. The van der Waals surface area contributed by atoms with Crippen LogP contribution in [0.15, 0.2) is 24.8 Å². The van der Waals surface area contributed by atoms with Gasteiger partial charge in [0.15, 0.2) is 0 Å². The average molecular weight is 283 g/mol. The van der Waals surface area contributed by atoms with Gasteiger partial charge in [-0.1, -0.05) is 20.3 Å². The minimum absolute atomic E-state index is 0.606. The Kier molecular flexibility index (Phi) is 2.87. The summed E-state index contributed by atoms with van der Waals surface area (Å²) in [5.41, 5.74) is 3.08. The molecule has 0 bridgehead atoms. The van der Waals surface area contributed by atoms with Gasteiger partial charge >= 0.3 is 0 Å². The minimum atomic E-state index is 0.606. The fourth-order valence-corrected chi connectivity index (χ4v) is 3.62. The summed E-state index contributed by atoms with van der Waals surface area (Å²) in [4.78, 5) is 12.2. The number of rotatable bonds is 3. The molecule has 2 atom stereocenters. The van der Waals surface area contributed by atoms with Crippen LogP contribution in [0.3, 0.4) is 0 Å². The molecule has 0 amide bonds. The fraction of sp³-hybridized carbons (Fsp3) is 0.500. The predicted octanol–water partition coefficient (Wildman–Crippen LogP) is 3.06. The molecule has 1 fully saturated rings. The van der Waals surface area contributed by atoms with Crippen molar-refractivity contribution in [3.05, 3.63) is 24.8 Å². The van der Waals surface area contributed by atoms with E-state index in [1.165, 1.54) is 24.8 Å². The van der Waals surface area contributed by atoms with Crippen molar-refractivity contribution in [3.8, 4) is 0 Å².